The van der Waals surface area contributed by atoms with Gasteiger partial charge in [-0.15, -0.1) is 0 Å². The minimum Gasteiger partial charge on any atom is -0.444 e. The van der Waals surface area contributed by atoms with Crippen molar-refractivity contribution in [3.63, 3.8) is 0 Å². The molecule has 1 fully saturated rings. The Bertz CT molecular complexity index is 647. The number of nitrogens with zero attached hydrogens (tertiary/aromatic N) is 2. The van der Waals surface area contributed by atoms with Gasteiger partial charge in [0.2, 0.25) is 5.28 Å². The Morgan fingerprint density at radius 2 is 1.89 bits per heavy atom. The van der Waals surface area contributed by atoms with Gasteiger partial charge in [-0.2, -0.15) is 0 Å². The molecule has 2 rings (SSSR count). The van der Waals surface area contributed by atoms with Crippen LogP contribution in [0.15, 0.2) is 6.20 Å². The Morgan fingerprint density at radius 1 is 1.25 bits per heavy atom. The lowest BCUT2D eigenvalue weighted by molar-refractivity contribution is -0.140. The Labute approximate surface area is 171 Å². The molecule has 1 amide bonds. The highest BCUT2D eigenvalue weighted by atomic mass is 35.5. The van der Waals surface area contributed by atoms with E-state index in [0.717, 1.165) is 19.3 Å². The van der Waals surface area contributed by atoms with Gasteiger partial charge in [0.15, 0.2) is 6.29 Å². The molecule has 28 heavy (non-hydrogen) atoms. The van der Waals surface area contributed by atoms with Gasteiger partial charge in [-0.1, -0.05) is 0 Å². The number of carbonyl (C=O) groups excluding carboxylic acids is 1. The van der Waals surface area contributed by atoms with Crippen LogP contribution in [0.3, 0.4) is 0 Å². The van der Waals surface area contributed by atoms with E-state index in [-0.39, 0.29) is 17.4 Å². The fourth-order valence-electron chi connectivity index (χ4n) is 3.13. The largest absolute Gasteiger partial charge is 0.444 e. The summed E-state index contributed by atoms with van der Waals surface area (Å²) in [6.07, 6.45) is 3.31. The first-order chi connectivity index (χ1) is 13.2. The Morgan fingerprint density at radius 3 is 2.50 bits per heavy atom. The van der Waals surface area contributed by atoms with E-state index in [1.807, 2.05) is 34.6 Å². The summed E-state index contributed by atoms with van der Waals surface area (Å²) in [6.45, 7) is 10.3. The first kappa shape index (κ1) is 22.6. The molecule has 1 aliphatic rings. The molecule has 8 nitrogen and oxygen atoms in total. The Kier molecular flexibility index (Phi) is 8.27. The summed E-state index contributed by atoms with van der Waals surface area (Å²) in [6, 6.07) is -0.0878. The number of hydrogen-bond acceptors (Lipinski definition) is 7. The second-order valence-corrected chi connectivity index (χ2v) is 7.96. The zero-order chi connectivity index (χ0) is 20.7. The van der Waals surface area contributed by atoms with Gasteiger partial charge in [0.05, 0.1) is 11.6 Å². The molecule has 1 aromatic rings. The zero-order valence-electron chi connectivity index (χ0n) is 17.3. The minimum absolute atomic E-state index is 0.0128. The van der Waals surface area contributed by atoms with Crippen LogP contribution in [-0.4, -0.2) is 47.0 Å². The maximum absolute atomic E-state index is 12.2. The summed E-state index contributed by atoms with van der Waals surface area (Å²) in [7, 11) is 0. The summed E-state index contributed by atoms with van der Waals surface area (Å²) < 4.78 is 16.7. The van der Waals surface area contributed by atoms with Crippen LogP contribution in [0, 0.1) is 0 Å². The highest BCUT2D eigenvalue weighted by Gasteiger charge is 2.32. The lowest BCUT2D eigenvalue weighted by Crippen LogP contribution is -2.45. The van der Waals surface area contributed by atoms with Crippen LogP contribution in [0.4, 0.5) is 10.6 Å². The average Bonchev–Trinajstić information content (AvgIpc) is 3.00. The molecule has 0 bridgehead atoms. The average molecular weight is 415 g/mol. The van der Waals surface area contributed by atoms with Crippen molar-refractivity contribution in [2.24, 2.45) is 0 Å². The quantitative estimate of drug-likeness (QED) is 0.489. The number of anilines is 1. The molecule has 9 heteroatoms. The van der Waals surface area contributed by atoms with Crippen molar-refractivity contribution in [2.45, 2.75) is 77.9 Å². The number of alkyl carbamates (subject to hydrolysis) is 1. The van der Waals surface area contributed by atoms with Gasteiger partial charge in [0.25, 0.3) is 0 Å². The molecule has 0 saturated heterocycles. The first-order valence-electron chi connectivity index (χ1n) is 9.75. The van der Waals surface area contributed by atoms with E-state index in [0.29, 0.717) is 24.6 Å². The number of aromatic nitrogens is 2. The Hall–Kier alpha value is -1.64. The maximum atomic E-state index is 12.2. The van der Waals surface area contributed by atoms with Gasteiger partial charge in [-0.05, 0) is 65.5 Å². The summed E-state index contributed by atoms with van der Waals surface area (Å²) in [5, 5.41) is 6.49. The summed E-state index contributed by atoms with van der Waals surface area (Å²) in [5.74, 6) is 0.551. The zero-order valence-corrected chi connectivity index (χ0v) is 18.0. The van der Waals surface area contributed by atoms with E-state index in [2.05, 4.69) is 20.6 Å². The van der Waals surface area contributed by atoms with Crippen molar-refractivity contribution in [3.8, 4) is 0 Å². The molecule has 2 atom stereocenters. The lowest BCUT2D eigenvalue weighted by Gasteiger charge is -2.27. The van der Waals surface area contributed by atoms with E-state index in [1.54, 1.807) is 6.20 Å². The highest BCUT2D eigenvalue weighted by molar-refractivity contribution is 6.28. The molecule has 1 aliphatic carbocycles. The molecule has 1 saturated carbocycles. The molecule has 0 aliphatic heterocycles. The van der Waals surface area contributed by atoms with Gasteiger partial charge < -0.3 is 24.8 Å². The number of hydrogen-bond donors (Lipinski definition) is 2. The predicted octanol–water partition coefficient (Wildman–Crippen LogP) is 4.06. The van der Waals surface area contributed by atoms with E-state index >= 15 is 0 Å². The Balaban J connectivity index is 2.14. The van der Waals surface area contributed by atoms with Crippen LogP contribution in [0.1, 0.15) is 65.7 Å². The number of carbonyl (C=O) groups is 1. The van der Waals surface area contributed by atoms with E-state index in [9.17, 15) is 4.79 Å². The predicted molar refractivity (Wildman–Crippen MR) is 107 cm³/mol. The number of nitrogens with one attached hydrogen (secondary N) is 2. The molecular weight excluding hydrogens is 384 g/mol. The fourth-order valence-corrected chi connectivity index (χ4v) is 3.26. The van der Waals surface area contributed by atoms with Gasteiger partial charge in [0.1, 0.15) is 11.4 Å². The summed E-state index contributed by atoms with van der Waals surface area (Å²) in [4.78, 5) is 20.6. The molecule has 0 spiro atoms. The van der Waals surface area contributed by atoms with Crippen molar-refractivity contribution >= 4 is 23.5 Å². The highest BCUT2D eigenvalue weighted by Crippen LogP contribution is 2.29. The second-order valence-electron chi connectivity index (χ2n) is 7.62. The molecule has 2 N–H and O–H groups in total. The van der Waals surface area contributed by atoms with Gasteiger partial charge in [-0.3, -0.25) is 0 Å². The first-order valence-corrected chi connectivity index (χ1v) is 10.1. The molecule has 0 radical (unpaired) electrons. The van der Waals surface area contributed by atoms with Crippen molar-refractivity contribution in [2.75, 3.05) is 18.5 Å². The van der Waals surface area contributed by atoms with Crippen molar-refractivity contribution in [1.29, 1.82) is 0 Å². The molecule has 0 aromatic carbocycles. The number of rotatable bonds is 8. The number of ether oxygens (including phenoxy) is 3. The van der Waals surface area contributed by atoms with E-state index in [1.165, 1.54) is 0 Å². The van der Waals surface area contributed by atoms with Crippen LogP contribution < -0.4 is 10.6 Å². The van der Waals surface area contributed by atoms with Crippen LogP contribution in [-0.2, 0) is 14.2 Å². The fraction of sp³-hybridized carbons (Fsp3) is 0.737. The van der Waals surface area contributed by atoms with Gasteiger partial charge in [0, 0.05) is 25.5 Å². The lowest BCUT2D eigenvalue weighted by atomic mass is 10.1. The summed E-state index contributed by atoms with van der Waals surface area (Å²) in [5.41, 5.74) is 0.136. The molecule has 0 unspecified atom stereocenters. The van der Waals surface area contributed by atoms with Crippen molar-refractivity contribution in [1.82, 2.24) is 15.3 Å². The third-order valence-electron chi connectivity index (χ3n) is 4.22. The molecular formula is C19H31ClN4O4. The molecule has 1 aromatic heterocycles. The minimum atomic E-state index is -0.589. The van der Waals surface area contributed by atoms with Crippen LogP contribution >= 0.6 is 11.6 Å². The van der Waals surface area contributed by atoms with Crippen molar-refractivity contribution in [3.05, 3.63) is 17.0 Å². The van der Waals surface area contributed by atoms with Crippen LogP contribution in [0.25, 0.3) is 0 Å². The third kappa shape index (κ3) is 6.76. The van der Waals surface area contributed by atoms with Gasteiger partial charge in [-0.25, -0.2) is 14.8 Å². The number of halogens is 1. The topological polar surface area (TPSA) is 94.6 Å². The third-order valence-corrected chi connectivity index (χ3v) is 4.40. The van der Waals surface area contributed by atoms with Gasteiger partial charge >= 0.3 is 6.09 Å². The monoisotopic (exact) mass is 414 g/mol. The van der Waals surface area contributed by atoms with E-state index in [4.69, 9.17) is 25.8 Å². The van der Waals surface area contributed by atoms with Crippen LogP contribution in [0.2, 0.25) is 5.28 Å². The molecule has 1 heterocycles. The van der Waals surface area contributed by atoms with Crippen LogP contribution in [0.5, 0.6) is 0 Å². The normalized spacial score (nSPS) is 19.7. The SMILES string of the molecule is CCOC(OCC)c1cnc(Cl)nc1N[C@H]1CCC[C@@H]1NC(=O)OC(C)(C)C. The van der Waals surface area contributed by atoms with E-state index < -0.39 is 18.0 Å². The maximum Gasteiger partial charge on any atom is 0.407 e. The second kappa shape index (κ2) is 10.2. The summed E-state index contributed by atoms with van der Waals surface area (Å²) >= 11 is 6.02. The number of amides is 1. The molecule has 158 valence electrons. The smallest absolute Gasteiger partial charge is 0.407 e. The standard InChI is InChI=1S/C19H31ClN4O4/c1-6-26-16(27-7-2)12-11-21-17(20)24-15(12)22-13-9-8-10-14(13)23-18(25)28-19(3,4)5/h11,13-14,16H,6-10H2,1-5H3,(H,23,25)(H,21,22,24)/t13-,14-/m0/s1. The van der Waals surface area contributed by atoms with Crippen molar-refractivity contribution < 1.29 is 19.0 Å².